The predicted octanol–water partition coefficient (Wildman–Crippen LogP) is 0.0984. The molecule has 16 heteroatoms. The Labute approximate surface area is 229 Å². The number of fused-ring (bicyclic) bond motifs is 1. The summed E-state index contributed by atoms with van der Waals surface area (Å²) in [5, 5.41) is -0.165. The van der Waals surface area contributed by atoms with E-state index in [1.165, 1.54) is 30.3 Å². The van der Waals surface area contributed by atoms with E-state index in [-0.39, 0.29) is 33.1 Å². The first kappa shape index (κ1) is 28.1. The summed E-state index contributed by atoms with van der Waals surface area (Å²) >= 11 is 5.72. The summed E-state index contributed by atoms with van der Waals surface area (Å²) in [5.41, 5.74) is -2.54. The number of hydrogen-bond acceptors (Lipinski definition) is 4. The second-order valence-electron chi connectivity index (χ2n) is 9.07. The zero-order valence-electron chi connectivity index (χ0n) is 19.5. The summed E-state index contributed by atoms with van der Waals surface area (Å²) in [6, 6.07) is 8.28. The van der Waals surface area contributed by atoms with Gasteiger partial charge < -0.3 is 9.71 Å². The van der Waals surface area contributed by atoms with E-state index in [0.717, 1.165) is 17.0 Å². The third kappa shape index (κ3) is 4.19. The van der Waals surface area contributed by atoms with Crippen LogP contribution in [-0.2, 0) is 26.9 Å². The van der Waals surface area contributed by atoms with Gasteiger partial charge in [-0.3, -0.25) is 24.5 Å². The number of rotatable bonds is 5. The second-order valence-corrected chi connectivity index (χ2v) is 9.50. The highest BCUT2D eigenvalue weighted by molar-refractivity contribution is 6.58. The van der Waals surface area contributed by atoms with Crippen molar-refractivity contribution in [3.05, 3.63) is 69.7 Å². The average Bonchev–Trinajstić information content (AvgIpc) is 3.21. The summed E-state index contributed by atoms with van der Waals surface area (Å²) in [4.78, 5) is 51.4. The zero-order valence-corrected chi connectivity index (χ0v) is 20.3. The van der Waals surface area contributed by atoms with Crippen LogP contribution in [0.1, 0.15) is 33.0 Å². The molecule has 2 aromatic carbocycles. The molecule has 178 valence electrons. The van der Waals surface area contributed by atoms with Gasteiger partial charge >= 0.3 is 5.92 Å². The van der Waals surface area contributed by atoms with Crippen LogP contribution < -0.4 is 5.32 Å². The first-order chi connectivity index (χ1) is 17.5. The topological polar surface area (TPSA) is 86.8 Å². The van der Waals surface area contributed by atoms with E-state index in [9.17, 15) is 28.0 Å². The molecule has 0 aromatic heterocycles. The minimum absolute atomic E-state index is 0.0729. The molecule has 1 N–H and O–H groups in total. The van der Waals surface area contributed by atoms with Gasteiger partial charge in [0.2, 0.25) is 19.8 Å². The summed E-state index contributed by atoms with van der Waals surface area (Å²) in [6.07, 6.45) is 0. The van der Waals surface area contributed by atoms with Crippen LogP contribution in [-0.4, -0.2) is 86.0 Å². The average molecular weight is 521 g/mol. The van der Waals surface area contributed by atoms with Gasteiger partial charge in [-0.25, -0.2) is 0 Å². The van der Waals surface area contributed by atoms with E-state index in [0.29, 0.717) is 0 Å². The number of carbonyl (C=O) groups is 4. The van der Waals surface area contributed by atoms with E-state index in [1.54, 1.807) is 0 Å². The molecule has 0 saturated carbocycles. The quantitative estimate of drug-likeness (QED) is 0.448. The molecule has 2 unspecified atom stereocenters. The molecule has 0 aliphatic carbocycles. The normalized spacial score (nSPS) is 23.5. The van der Waals surface area contributed by atoms with E-state index in [2.05, 4.69) is 0 Å². The molecule has 1 fully saturated rings. The number of halogens is 3. The molecule has 2 aliphatic heterocycles. The van der Waals surface area contributed by atoms with Gasteiger partial charge in [0.1, 0.15) is 15.7 Å². The molecule has 2 aliphatic rings. The van der Waals surface area contributed by atoms with Crippen LogP contribution >= 0.6 is 11.6 Å². The number of piperidine rings is 1. The standard InChI is InChI=1S/C22H12B6ClF2N3O4/c23-14(34(28)19(38)22(30,31)11-2-4-12(29)5-3-11)9-1-6-13-10(7-9)8-33(15(13)35)21(27)16(24)20(25,26)17(36)32-18(21)37/h1-7,14,16H,8H2,(H,32,36,37)/t14?,16?,21-/m0/s1. The number of benzene rings is 2. The van der Waals surface area contributed by atoms with Crippen molar-refractivity contribution in [1.82, 2.24) is 15.0 Å². The molecule has 0 bridgehead atoms. The number of hydrogen-bond donors (Lipinski definition) is 1. The first-order valence-corrected chi connectivity index (χ1v) is 11.3. The maximum Gasteiger partial charge on any atom is 0.348 e. The largest absolute Gasteiger partial charge is 0.393 e. The minimum Gasteiger partial charge on any atom is -0.393 e. The Morgan fingerprint density at radius 3 is 2.32 bits per heavy atom. The van der Waals surface area contributed by atoms with Crippen molar-refractivity contribution in [3.8, 4) is 0 Å². The Kier molecular flexibility index (Phi) is 6.92. The van der Waals surface area contributed by atoms with Crippen molar-refractivity contribution >= 4 is 82.4 Å². The van der Waals surface area contributed by atoms with Crippen molar-refractivity contribution in [2.45, 2.75) is 34.9 Å². The Balaban J connectivity index is 1.60. The molecule has 4 rings (SSSR count). The second kappa shape index (κ2) is 9.36. The van der Waals surface area contributed by atoms with Gasteiger partial charge in [-0.2, -0.15) is 8.78 Å². The molecule has 12 radical (unpaired) electrons. The lowest BCUT2D eigenvalue weighted by Gasteiger charge is -2.52. The fourth-order valence-electron chi connectivity index (χ4n) is 4.30. The summed E-state index contributed by atoms with van der Waals surface area (Å²) < 4.78 is 29.6. The Hall–Kier alpha value is -2.94. The van der Waals surface area contributed by atoms with Crippen LogP contribution in [0.3, 0.4) is 0 Å². The maximum atomic E-state index is 14.8. The van der Waals surface area contributed by atoms with Crippen LogP contribution in [0.2, 0.25) is 16.1 Å². The number of nitrogens with one attached hydrogen (secondary N) is 1. The van der Waals surface area contributed by atoms with Crippen LogP contribution in [0, 0.1) is 0 Å². The Morgan fingerprint density at radius 1 is 1.11 bits per heavy atom. The van der Waals surface area contributed by atoms with Gasteiger partial charge in [-0.1, -0.05) is 41.7 Å². The van der Waals surface area contributed by atoms with Gasteiger partial charge in [-0.05, 0) is 34.5 Å². The predicted molar refractivity (Wildman–Crippen MR) is 138 cm³/mol. The Morgan fingerprint density at radius 2 is 1.71 bits per heavy atom. The first-order valence-electron chi connectivity index (χ1n) is 10.9. The molecule has 2 heterocycles. The lowest BCUT2D eigenvalue weighted by atomic mass is 9.35. The molecular weight excluding hydrogens is 509 g/mol. The highest BCUT2D eigenvalue weighted by Gasteiger charge is 2.57. The summed E-state index contributed by atoms with van der Waals surface area (Å²) in [5.74, 6) is -12.0. The van der Waals surface area contributed by atoms with Crippen LogP contribution in [0.25, 0.3) is 0 Å². The number of carbonyl (C=O) groups excluding carboxylic acids is 4. The van der Waals surface area contributed by atoms with Gasteiger partial charge in [0.25, 0.3) is 11.8 Å². The fourth-order valence-corrected chi connectivity index (χ4v) is 4.43. The van der Waals surface area contributed by atoms with Gasteiger partial charge in [0.15, 0.2) is 0 Å². The van der Waals surface area contributed by atoms with Crippen molar-refractivity contribution < 1.29 is 28.0 Å². The minimum atomic E-state index is -4.02. The van der Waals surface area contributed by atoms with Gasteiger partial charge in [0.05, 0.1) is 29.0 Å². The number of nitrogens with zero attached hydrogens (tertiary/aromatic N) is 2. The number of amides is 4. The van der Waals surface area contributed by atoms with Crippen LogP contribution in [0.15, 0.2) is 42.5 Å². The third-order valence-electron chi connectivity index (χ3n) is 6.70. The third-order valence-corrected chi connectivity index (χ3v) is 6.96. The molecule has 0 spiro atoms. The van der Waals surface area contributed by atoms with Crippen molar-refractivity contribution in [2.24, 2.45) is 0 Å². The van der Waals surface area contributed by atoms with Crippen molar-refractivity contribution in [1.29, 1.82) is 0 Å². The summed E-state index contributed by atoms with van der Waals surface area (Å²) in [6.45, 7) is -0.309. The molecular formula is C22H12B6ClF2N3O4. The van der Waals surface area contributed by atoms with Crippen LogP contribution in [0.5, 0.6) is 0 Å². The molecule has 1 saturated heterocycles. The lowest BCUT2D eigenvalue weighted by molar-refractivity contribution is -0.154. The summed E-state index contributed by atoms with van der Waals surface area (Å²) in [7, 11) is 35.4. The monoisotopic (exact) mass is 521 g/mol. The smallest absolute Gasteiger partial charge is 0.348 e. The van der Waals surface area contributed by atoms with Gasteiger partial charge in [0, 0.05) is 28.6 Å². The Bertz CT molecular complexity index is 1370. The maximum absolute atomic E-state index is 14.8. The van der Waals surface area contributed by atoms with E-state index in [1.807, 2.05) is 5.32 Å². The number of alkyl halides is 2. The molecule has 3 atom stereocenters. The van der Waals surface area contributed by atoms with Gasteiger partial charge in [-0.15, -0.1) is 0 Å². The van der Waals surface area contributed by atoms with Crippen LogP contribution in [0.4, 0.5) is 8.78 Å². The van der Waals surface area contributed by atoms with E-state index >= 15 is 0 Å². The molecule has 38 heavy (non-hydrogen) atoms. The highest BCUT2D eigenvalue weighted by atomic mass is 35.5. The lowest BCUT2D eigenvalue weighted by Crippen LogP contribution is -2.70. The molecule has 7 nitrogen and oxygen atoms in total. The molecule has 4 amide bonds. The van der Waals surface area contributed by atoms with Crippen molar-refractivity contribution in [2.75, 3.05) is 0 Å². The fraction of sp³-hybridized carbons (Fsp3) is 0.273. The SMILES string of the molecule is [B]C(c1ccc2c(c1)CN([C@]1([B])C(=O)NC(=O)C([B])([B])C1[B])C2=O)N([B])C(=O)C(F)(F)c1ccc(Cl)cc1. The number of imide groups is 1. The molecule has 2 aromatic rings. The zero-order chi connectivity index (χ0) is 28.4. The van der Waals surface area contributed by atoms with E-state index < -0.39 is 57.5 Å². The van der Waals surface area contributed by atoms with E-state index in [4.69, 9.17) is 58.8 Å². The highest BCUT2D eigenvalue weighted by Crippen LogP contribution is 2.47. The van der Waals surface area contributed by atoms with Crippen molar-refractivity contribution in [3.63, 3.8) is 0 Å².